The molecule has 0 fully saturated rings. The first-order valence-corrected chi connectivity index (χ1v) is 5.52. The topological polar surface area (TPSA) is 37.3 Å². The summed E-state index contributed by atoms with van der Waals surface area (Å²) < 4.78 is 0. The molecule has 0 aliphatic heterocycles. The third-order valence-electron chi connectivity index (χ3n) is 2.72. The summed E-state index contributed by atoms with van der Waals surface area (Å²) in [6, 6.07) is 17.4. The Hall–Kier alpha value is -1.93. The predicted molar refractivity (Wildman–Crippen MR) is 66.2 cm³/mol. The molecule has 0 saturated carbocycles. The lowest BCUT2D eigenvalue weighted by molar-refractivity contribution is -0.125. The van der Waals surface area contributed by atoms with Crippen LogP contribution in [-0.4, -0.2) is 10.9 Å². The second-order valence-corrected chi connectivity index (χ2v) is 4.00. The number of hydrogen-bond donors (Lipinski definition) is 1. The van der Waals surface area contributed by atoms with E-state index in [2.05, 4.69) is 24.3 Å². The third kappa shape index (κ3) is 2.60. The van der Waals surface area contributed by atoms with Crippen molar-refractivity contribution in [3.8, 4) is 0 Å². The molecule has 0 radical (unpaired) electrons. The molecule has 86 valence electrons. The number of ketones is 1. The van der Waals surface area contributed by atoms with Gasteiger partial charge in [-0.3, -0.25) is 4.79 Å². The Morgan fingerprint density at radius 1 is 0.941 bits per heavy atom. The molecule has 0 heterocycles. The van der Waals surface area contributed by atoms with Gasteiger partial charge in [-0.25, -0.2) is 0 Å². The summed E-state index contributed by atoms with van der Waals surface area (Å²) in [7, 11) is 0. The molecule has 0 amide bonds. The number of aliphatic hydroxyl groups is 1. The molecule has 1 aromatic carbocycles. The molecule has 2 aliphatic carbocycles. The van der Waals surface area contributed by atoms with E-state index >= 15 is 0 Å². The van der Waals surface area contributed by atoms with Crippen molar-refractivity contribution in [1.29, 1.82) is 0 Å². The predicted octanol–water partition coefficient (Wildman–Crippen LogP) is 2.60. The molecule has 0 aromatic heterocycles. The number of rotatable bonds is 2. The maximum absolute atomic E-state index is 10.7. The Bertz CT molecular complexity index is 552. The van der Waals surface area contributed by atoms with E-state index in [4.69, 9.17) is 0 Å². The minimum Gasteiger partial charge on any atom is -0.381 e. The Morgan fingerprint density at radius 3 is 1.71 bits per heavy atom. The van der Waals surface area contributed by atoms with Crippen molar-refractivity contribution in [1.82, 2.24) is 0 Å². The second kappa shape index (κ2) is 4.93. The van der Waals surface area contributed by atoms with Crippen LogP contribution >= 0.6 is 0 Å². The van der Waals surface area contributed by atoms with Crippen LogP contribution in [0.1, 0.15) is 18.6 Å². The first-order chi connectivity index (χ1) is 8.18. The average Bonchev–Trinajstić information content (AvgIpc) is 2.34. The quantitative estimate of drug-likeness (QED) is 0.729. The zero-order chi connectivity index (χ0) is 12.3. The van der Waals surface area contributed by atoms with Crippen molar-refractivity contribution >= 4 is 5.78 Å². The Kier molecular flexibility index (Phi) is 3.35. The first kappa shape index (κ1) is 11.6. The Balaban J connectivity index is 0.000000148. The van der Waals surface area contributed by atoms with E-state index in [9.17, 15) is 9.90 Å². The molecule has 1 atom stereocenters. The largest absolute Gasteiger partial charge is 0.381 e. The molecule has 3 rings (SSSR count). The lowest BCUT2D eigenvalue weighted by atomic mass is 10.1. The normalized spacial score (nSPS) is 12.1. The van der Waals surface area contributed by atoms with E-state index in [1.54, 1.807) is 24.3 Å². The van der Waals surface area contributed by atoms with Crippen LogP contribution < -0.4 is 0 Å². The van der Waals surface area contributed by atoms with Crippen LogP contribution in [0.3, 0.4) is 0 Å². The van der Waals surface area contributed by atoms with Gasteiger partial charge in [-0.15, -0.1) is 0 Å². The molecule has 1 unspecified atom stereocenters. The van der Waals surface area contributed by atoms with Gasteiger partial charge in [-0.05, 0) is 22.9 Å². The van der Waals surface area contributed by atoms with Gasteiger partial charge in [0.25, 0.3) is 0 Å². The Labute approximate surface area is 99.8 Å². The van der Waals surface area contributed by atoms with Gasteiger partial charge < -0.3 is 5.11 Å². The van der Waals surface area contributed by atoms with Gasteiger partial charge >= 0.3 is 0 Å². The van der Waals surface area contributed by atoms with Crippen molar-refractivity contribution < 1.29 is 9.90 Å². The fourth-order valence-electron chi connectivity index (χ4n) is 1.53. The number of Topliss-reactive ketones (excluding diaryl/α,β-unsaturated/α-hetero) is 1. The van der Waals surface area contributed by atoms with Crippen LogP contribution in [0.2, 0.25) is 0 Å². The van der Waals surface area contributed by atoms with Crippen LogP contribution in [0.25, 0.3) is 0 Å². The maximum atomic E-state index is 10.7. The molecule has 0 saturated heterocycles. The Morgan fingerprint density at radius 2 is 1.41 bits per heavy atom. The van der Waals surface area contributed by atoms with Gasteiger partial charge in [0.1, 0.15) is 6.10 Å². The number of aliphatic hydroxyl groups excluding tert-OH is 1. The lowest BCUT2D eigenvalue weighted by Gasteiger charge is -2.04. The van der Waals surface area contributed by atoms with Gasteiger partial charge in [0, 0.05) is 0 Å². The smallest absolute Gasteiger partial charge is 0.162 e. The molecule has 2 nitrogen and oxygen atoms in total. The monoisotopic (exact) mass is 226 g/mol. The molecular formula is C15H14O2. The zero-order valence-electron chi connectivity index (χ0n) is 9.63. The van der Waals surface area contributed by atoms with Crippen LogP contribution in [0.4, 0.5) is 0 Å². The molecule has 1 N–H and O–H groups in total. The molecule has 0 bridgehead atoms. The van der Waals surface area contributed by atoms with Gasteiger partial charge in [-0.1, -0.05) is 54.6 Å². The van der Waals surface area contributed by atoms with Gasteiger partial charge in [0.05, 0.1) is 0 Å². The summed E-state index contributed by atoms with van der Waals surface area (Å²) in [5, 5.41) is 12.1. The SMILES string of the molecule is CC(=O)C(O)c1ccccc1.c1cc2ccc1=2. The molecule has 1 aromatic rings. The molecular weight excluding hydrogens is 212 g/mol. The molecule has 17 heavy (non-hydrogen) atoms. The number of benzene rings is 2. The fraction of sp³-hybridized carbons (Fsp3) is 0.133. The highest BCUT2D eigenvalue weighted by Crippen LogP contribution is 2.11. The van der Waals surface area contributed by atoms with E-state index in [0.29, 0.717) is 5.56 Å². The van der Waals surface area contributed by atoms with Gasteiger partial charge in [0.2, 0.25) is 0 Å². The lowest BCUT2D eigenvalue weighted by Crippen LogP contribution is -2.06. The van der Waals surface area contributed by atoms with Crippen LogP contribution in [0.5, 0.6) is 0 Å². The van der Waals surface area contributed by atoms with E-state index < -0.39 is 6.10 Å². The van der Waals surface area contributed by atoms with Crippen molar-refractivity contribution in [3.63, 3.8) is 0 Å². The van der Waals surface area contributed by atoms with Crippen molar-refractivity contribution in [2.45, 2.75) is 13.0 Å². The zero-order valence-corrected chi connectivity index (χ0v) is 9.63. The summed E-state index contributed by atoms with van der Waals surface area (Å²) >= 11 is 0. The van der Waals surface area contributed by atoms with E-state index in [1.807, 2.05) is 6.07 Å². The van der Waals surface area contributed by atoms with Gasteiger partial charge in [-0.2, -0.15) is 0 Å². The highest BCUT2D eigenvalue weighted by atomic mass is 16.3. The number of hydrogen-bond acceptors (Lipinski definition) is 2. The first-order valence-electron chi connectivity index (χ1n) is 5.52. The summed E-state index contributed by atoms with van der Waals surface area (Å²) in [5.41, 5.74) is 0.653. The van der Waals surface area contributed by atoms with Crippen molar-refractivity contribution in [2.75, 3.05) is 0 Å². The number of carbonyl (C=O) groups excluding carboxylic acids is 1. The maximum Gasteiger partial charge on any atom is 0.162 e. The van der Waals surface area contributed by atoms with Crippen molar-refractivity contribution in [2.24, 2.45) is 0 Å². The van der Waals surface area contributed by atoms with Crippen LogP contribution in [0, 0.1) is 10.4 Å². The second-order valence-electron chi connectivity index (χ2n) is 4.00. The highest BCUT2D eigenvalue weighted by molar-refractivity contribution is 5.81. The highest BCUT2D eigenvalue weighted by Gasteiger charge is 2.10. The minimum absolute atomic E-state index is 0.226. The summed E-state index contributed by atoms with van der Waals surface area (Å²) in [4.78, 5) is 10.7. The summed E-state index contributed by atoms with van der Waals surface area (Å²) in [6.45, 7) is 1.37. The summed E-state index contributed by atoms with van der Waals surface area (Å²) in [5.74, 6) is -0.226. The van der Waals surface area contributed by atoms with Gasteiger partial charge in [0.15, 0.2) is 5.78 Å². The molecule has 0 spiro atoms. The molecule has 2 heteroatoms. The average molecular weight is 226 g/mol. The van der Waals surface area contributed by atoms with Crippen molar-refractivity contribution in [3.05, 3.63) is 70.6 Å². The van der Waals surface area contributed by atoms with E-state index in [1.165, 1.54) is 17.4 Å². The van der Waals surface area contributed by atoms with E-state index in [-0.39, 0.29) is 5.78 Å². The number of carbonyl (C=O) groups is 1. The van der Waals surface area contributed by atoms with E-state index in [0.717, 1.165) is 0 Å². The standard InChI is InChI=1S/C9H10O2.C6H4/c1-7(10)9(11)8-5-3-2-4-6-8;1-2-6-4-3-5(1)6/h2-6,9,11H,1H3;1-4H. The molecule has 2 aliphatic rings. The van der Waals surface area contributed by atoms with Crippen LogP contribution in [0.15, 0.2) is 54.6 Å². The van der Waals surface area contributed by atoms with Crippen LogP contribution in [-0.2, 0) is 4.79 Å². The minimum atomic E-state index is -0.962. The fourth-order valence-corrected chi connectivity index (χ4v) is 1.53. The summed E-state index contributed by atoms with van der Waals surface area (Å²) in [6.07, 6.45) is -0.962. The third-order valence-corrected chi connectivity index (χ3v) is 2.72.